The molecule has 118 valence electrons. The molecule has 0 amide bonds. The Balaban J connectivity index is 1.91. The van der Waals surface area contributed by atoms with Crippen molar-refractivity contribution in [3.8, 4) is 16.9 Å². The molecule has 0 fully saturated rings. The molecule has 4 rings (SSSR count). The van der Waals surface area contributed by atoms with E-state index in [-0.39, 0.29) is 11.7 Å². The lowest BCUT2D eigenvalue weighted by molar-refractivity contribution is 0.159. The fraction of sp³-hybridized carbons (Fsp3) is 0.312. The van der Waals surface area contributed by atoms with E-state index in [4.69, 9.17) is 10.5 Å². The van der Waals surface area contributed by atoms with E-state index in [9.17, 15) is 4.39 Å². The van der Waals surface area contributed by atoms with Crippen LogP contribution in [0.25, 0.3) is 11.1 Å². The van der Waals surface area contributed by atoms with Crippen molar-refractivity contribution >= 4 is 16.9 Å². The van der Waals surface area contributed by atoms with Crippen molar-refractivity contribution in [2.75, 3.05) is 12.4 Å². The molecular formula is C16H15FN4OS. The van der Waals surface area contributed by atoms with E-state index in [0.717, 1.165) is 11.3 Å². The molecule has 0 unspecified atom stereocenters. The zero-order valence-electron chi connectivity index (χ0n) is 12.5. The molecule has 2 aromatic rings. The van der Waals surface area contributed by atoms with Gasteiger partial charge in [0.25, 0.3) is 0 Å². The molecule has 3 heterocycles. The van der Waals surface area contributed by atoms with Crippen molar-refractivity contribution in [3.05, 3.63) is 42.2 Å². The fourth-order valence-corrected chi connectivity index (χ4v) is 4.16. The highest BCUT2D eigenvalue weighted by Crippen LogP contribution is 2.48. The van der Waals surface area contributed by atoms with E-state index in [2.05, 4.69) is 15.0 Å². The van der Waals surface area contributed by atoms with Crippen LogP contribution in [0, 0.1) is 11.7 Å². The van der Waals surface area contributed by atoms with Crippen LogP contribution in [0.1, 0.15) is 12.5 Å². The number of rotatable bonds is 1. The highest BCUT2D eigenvalue weighted by molar-refractivity contribution is 8.13. The Bertz CT molecular complexity index is 798. The monoisotopic (exact) mass is 330 g/mol. The van der Waals surface area contributed by atoms with Crippen molar-refractivity contribution in [1.29, 1.82) is 0 Å². The molecule has 0 saturated heterocycles. The van der Waals surface area contributed by atoms with E-state index >= 15 is 0 Å². The van der Waals surface area contributed by atoms with Gasteiger partial charge in [0.1, 0.15) is 17.9 Å². The normalized spacial score (nSPS) is 25.8. The number of nitrogens with zero attached hydrogens (tertiary/aromatic N) is 3. The first-order chi connectivity index (χ1) is 11.1. The minimum absolute atomic E-state index is 0.206. The number of aliphatic imine (C=N–C) groups is 1. The quantitative estimate of drug-likeness (QED) is 0.870. The number of nitrogens with two attached hydrogens (primary N) is 1. The molecule has 5 nitrogen and oxygen atoms in total. The van der Waals surface area contributed by atoms with Gasteiger partial charge >= 0.3 is 0 Å². The largest absolute Gasteiger partial charge is 0.493 e. The maximum absolute atomic E-state index is 14.5. The predicted molar refractivity (Wildman–Crippen MR) is 87.8 cm³/mol. The van der Waals surface area contributed by atoms with Crippen LogP contribution in [0.3, 0.4) is 0 Å². The summed E-state index contributed by atoms with van der Waals surface area (Å²) in [7, 11) is 0. The maximum atomic E-state index is 14.5. The van der Waals surface area contributed by atoms with Crippen LogP contribution in [0.4, 0.5) is 4.39 Å². The Morgan fingerprint density at radius 2 is 2.13 bits per heavy atom. The zero-order valence-corrected chi connectivity index (χ0v) is 13.3. The van der Waals surface area contributed by atoms with Gasteiger partial charge < -0.3 is 10.5 Å². The molecule has 0 bridgehead atoms. The van der Waals surface area contributed by atoms with E-state index in [1.165, 1.54) is 24.2 Å². The number of fused-ring (bicyclic) bond motifs is 3. The first-order valence-corrected chi connectivity index (χ1v) is 8.27. The SMILES string of the molecule is C[C@]12N=C(N)SC[C@H]1COc1cc(F)c(-c3cncnc3)cc12. The van der Waals surface area contributed by atoms with E-state index in [0.29, 0.717) is 28.7 Å². The van der Waals surface area contributed by atoms with Crippen LogP contribution in [0.5, 0.6) is 5.75 Å². The molecule has 7 heteroatoms. The number of thioether (sulfide) groups is 1. The molecule has 2 N–H and O–H groups in total. The average molecular weight is 330 g/mol. The average Bonchev–Trinajstić information content (AvgIpc) is 2.54. The molecule has 0 aliphatic carbocycles. The van der Waals surface area contributed by atoms with Crippen molar-refractivity contribution < 1.29 is 9.13 Å². The number of hydrogen-bond acceptors (Lipinski definition) is 6. The molecular weight excluding hydrogens is 315 g/mol. The number of aromatic nitrogens is 2. The Kier molecular flexibility index (Phi) is 3.26. The second-order valence-corrected chi connectivity index (χ2v) is 6.91. The van der Waals surface area contributed by atoms with Gasteiger partial charge in [-0.15, -0.1) is 0 Å². The van der Waals surface area contributed by atoms with Gasteiger partial charge in [0.2, 0.25) is 0 Å². The van der Waals surface area contributed by atoms with Gasteiger partial charge in [-0.3, -0.25) is 4.99 Å². The molecule has 0 saturated carbocycles. The van der Waals surface area contributed by atoms with Gasteiger partial charge in [-0.05, 0) is 13.0 Å². The van der Waals surface area contributed by atoms with E-state index in [1.807, 2.05) is 6.92 Å². The van der Waals surface area contributed by atoms with Gasteiger partial charge in [-0.25, -0.2) is 14.4 Å². The highest BCUT2D eigenvalue weighted by Gasteiger charge is 2.44. The number of amidine groups is 1. The zero-order chi connectivity index (χ0) is 16.0. The van der Waals surface area contributed by atoms with E-state index in [1.54, 1.807) is 18.5 Å². The molecule has 0 radical (unpaired) electrons. The Morgan fingerprint density at radius 1 is 1.35 bits per heavy atom. The topological polar surface area (TPSA) is 73.4 Å². The fourth-order valence-electron chi connectivity index (χ4n) is 3.11. The molecule has 1 aromatic heterocycles. The van der Waals surface area contributed by atoms with Crippen LogP contribution in [-0.4, -0.2) is 27.5 Å². The molecule has 0 spiro atoms. The lowest BCUT2D eigenvalue weighted by Gasteiger charge is -2.42. The summed E-state index contributed by atoms with van der Waals surface area (Å²) in [5.41, 5.74) is 7.37. The first-order valence-electron chi connectivity index (χ1n) is 7.28. The Morgan fingerprint density at radius 3 is 2.91 bits per heavy atom. The summed E-state index contributed by atoms with van der Waals surface area (Å²) in [4.78, 5) is 12.6. The van der Waals surface area contributed by atoms with Gasteiger partial charge in [0, 0.05) is 46.8 Å². The molecule has 2 aliphatic rings. The summed E-state index contributed by atoms with van der Waals surface area (Å²) in [6.07, 6.45) is 4.61. The van der Waals surface area contributed by atoms with Gasteiger partial charge in [0.15, 0.2) is 5.17 Å². The second-order valence-electron chi connectivity index (χ2n) is 5.87. The van der Waals surface area contributed by atoms with Crippen LogP contribution in [-0.2, 0) is 5.54 Å². The summed E-state index contributed by atoms with van der Waals surface area (Å²) in [5, 5.41) is 0.561. The number of ether oxygens (including phenoxy) is 1. The van der Waals surface area contributed by atoms with Crippen LogP contribution >= 0.6 is 11.8 Å². The summed E-state index contributed by atoms with van der Waals surface area (Å²) >= 11 is 1.53. The third-order valence-electron chi connectivity index (χ3n) is 4.50. The van der Waals surface area contributed by atoms with Crippen molar-refractivity contribution in [1.82, 2.24) is 9.97 Å². The highest BCUT2D eigenvalue weighted by atomic mass is 32.2. The maximum Gasteiger partial charge on any atom is 0.154 e. The number of hydrogen-bond donors (Lipinski definition) is 1. The summed E-state index contributed by atoms with van der Waals surface area (Å²) < 4.78 is 20.3. The Hall–Kier alpha value is -2.15. The van der Waals surface area contributed by atoms with Crippen molar-refractivity contribution in [2.24, 2.45) is 16.6 Å². The molecule has 1 aromatic carbocycles. The number of benzene rings is 1. The smallest absolute Gasteiger partial charge is 0.154 e. The third kappa shape index (κ3) is 2.26. The molecule has 2 aliphatic heterocycles. The summed E-state index contributed by atoms with van der Waals surface area (Å²) in [6, 6.07) is 3.22. The lowest BCUT2D eigenvalue weighted by atomic mass is 9.78. The van der Waals surface area contributed by atoms with Gasteiger partial charge in [-0.1, -0.05) is 11.8 Å². The molecule has 23 heavy (non-hydrogen) atoms. The second kappa shape index (κ2) is 5.19. The standard InChI is InChI=1S/C16H15FN4OS/c1-16-10(7-23-15(18)21-16)6-22-14-3-13(17)11(2-12(14)16)9-4-19-8-20-5-9/h2-5,8,10H,6-7H2,1H3,(H2,18,21)/t10-,16+/m1/s1. The summed E-state index contributed by atoms with van der Waals surface area (Å²) in [5.74, 6) is 1.22. The minimum Gasteiger partial charge on any atom is -0.493 e. The lowest BCUT2D eigenvalue weighted by Crippen LogP contribution is -2.44. The van der Waals surface area contributed by atoms with Crippen molar-refractivity contribution in [2.45, 2.75) is 12.5 Å². The first kappa shape index (κ1) is 14.4. The Labute approximate surface area is 137 Å². The third-order valence-corrected chi connectivity index (χ3v) is 5.45. The summed E-state index contributed by atoms with van der Waals surface area (Å²) in [6.45, 7) is 2.55. The van der Waals surface area contributed by atoms with Gasteiger partial charge in [-0.2, -0.15) is 0 Å². The van der Waals surface area contributed by atoms with Gasteiger partial charge in [0.05, 0.1) is 12.1 Å². The van der Waals surface area contributed by atoms with Crippen LogP contribution in [0.15, 0.2) is 35.8 Å². The molecule has 2 atom stereocenters. The van der Waals surface area contributed by atoms with Crippen LogP contribution in [0.2, 0.25) is 0 Å². The van der Waals surface area contributed by atoms with Crippen LogP contribution < -0.4 is 10.5 Å². The predicted octanol–water partition coefficient (Wildman–Crippen LogP) is 2.57. The minimum atomic E-state index is -0.499. The van der Waals surface area contributed by atoms with Crippen molar-refractivity contribution in [3.63, 3.8) is 0 Å². The van der Waals surface area contributed by atoms with E-state index < -0.39 is 5.54 Å². The number of halogens is 1.